The molecular formula is C17H22N4O2. The molecule has 1 unspecified atom stereocenters. The van der Waals surface area contributed by atoms with Gasteiger partial charge in [-0.05, 0) is 25.5 Å². The lowest BCUT2D eigenvalue weighted by Crippen LogP contribution is -2.43. The van der Waals surface area contributed by atoms with Crippen LogP contribution in [-0.2, 0) is 11.3 Å². The molecule has 6 heteroatoms. The van der Waals surface area contributed by atoms with Gasteiger partial charge in [0.25, 0.3) is 0 Å². The third-order valence-corrected chi connectivity index (χ3v) is 4.30. The molecule has 2 aromatic rings. The summed E-state index contributed by atoms with van der Waals surface area (Å²) in [6, 6.07) is 9.80. The van der Waals surface area contributed by atoms with Crippen molar-refractivity contribution in [1.29, 1.82) is 0 Å². The largest absolute Gasteiger partial charge is 0.373 e. The Morgan fingerprint density at radius 2 is 2.13 bits per heavy atom. The summed E-state index contributed by atoms with van der Waals surface area (Å²) < 4.78 is 5.06. The molecule has 6 nitrogen and oxygen atoms in total. The molecule has 0 saturated heterocycles. The Balaban J connectivity index is 1.72. The lowest BCUT2D eigenvalue weighted by Gasteiger charge is -2.26. The Morgan fingerprint density at radius 3 is 2.87 bits per heavy atom. The van der Waals surface area contributed by atoms with Crippen LogP contribution >= 0.6 is 0 Å². The van der Waals surface area contributed by atoms with E-state index in [-0.39, 0.29) is 11.9 Å². The molecule has 1 atom stereocenters. The molecule has 23 heavy (non-hydrogen) atoms. The third kappa shape index (κ3) is 3.37. The van der Waals surface area contributed by atoms with Crippen LogP contribution in [0.5, 0.6) is 0 Å². The summed E-state index contributed by atoms with van der Waals surface area (Å²) in [6.07, 6.45) is 0. The zero-order chi connectivity index (χ0) is 16.4. The molecule has 3 rings (SSSR count). The molecule has 0 radical (unpaired) electrons. The van der Waals surface area contributed by atoms with Crippen LogP contribution in [0.4, 0.5) is 11.6 Å². The molecular weight excluding hydrogens is 292 g/mol. The fourth-order valence-corrected chi connectivity index (χ4v) is 2.86. The van der Waals surface area contributed by atoms with Crippen LogP contribution in [0.3, 0.4) is 0 Å². The van der Waals surface area contributed by atoms with Crippen LogP contribution < -0.4 is 10.2 Å². The number of aromatic nitrogens is 1. The lowest BCUT2D eigenvalue weighted by molar-refractivity contribution is -0.121. The minimum absolute atomic E-state index is 0.0804. The van der Waals surface area contributed by atoms with Crippen LogP contribution in [0.15, 0.2) is 34.9 Å². The van der Waals surface area contributed by atoms with E-state index < -0.39 is 0 Å². The Morgan fingerprint density at radius 1 is 1.35 bits per heavy atom. The first-order valence-corrected chi connectivity index (χ1v) is 7.82. The van der Waals surface area contributed by atoms with Crippen molar-refractivity contribution in [2.45, 2.75) is 26.4 Å². The molecule has 0 saturated carbocycles. The van der Waals surface area contributed by atoms with Gasteiger partial charge in [-0.1, -0.05) is 23.4 Å². The van der Waals surface area contributed by atoms with E-state index in [2.05, 4.69) is 39.5 Å². The molecule has 0 spiro atoms. The summed E-state index contributed by atoms with van der Waals surface area (Å²) in [5.74, 6) is 0.315. The fraction of sp³-hybridized carbons (Fsp3) is 0.412. The standard InChI is InChI=1S/C17H22N4O2/c1-12-10-16(23-19-12)18-17(22)13(2)21-9-8-20(3)15-7-5-4-6-14(15)11-21/h4-7,10,13H,8-9,11H2,1-3H3,(H,18,22). The van der Waals surface area contributed by atoms with Crippen molar-refractivity contribution < 1.29 is 9.32 Å². The predicted molar refractivity (Wildman–Crippen MR) is 89.5 cm³/mol. The third-order valence-electron chi connectivity index (χ3n) is 4.30. The van der Waals surface area contributed by atoms with Gasteiger partial charge in [0, 0.05) is 38.4 Å². The molecule has 1 aromatic carbocycles. The fourth-order valence-electron chi connectivity index (χ4n) is 2.86. The molecule has 1 N–H and O–H groups in total. The first-order valence-electron chi connectivity index (χ1n) is 7.82. The number of nitrogens with zero attached hydrogens (tertiary/aromatic N) is 3. The van der Waals surface area contributed by atoms with Crippen molar-refractivity contribution in [2.75, 3.05) is 30.4 Å². The van der Waals surface area contributed by atoms with Gasteiger partial charge < -0.3 is 9.42 Å². The predicted octanol–water partition coefficient (Wildman–Crippen LogP) is 2.26. The van der Waals surface area contributed by atoms with Gasteiger partial charge >= 0.3 is 0 Å². The summed E-state index contributed by atoms with van der Waals surface area (Å²) in [5, 5.41) is 6.58. The number of anilines is 2. The van der Waals surface area contributed by atoms with Crippen LogP contribution in [0.2, 0.25) is 0 Å². The van der Waals surface area contributed by atoms with E-state index in [1.807, 2.05) is 26.0 Å². The van der Waals surface area contributed by atoms with Crippen LogP contribution in [0, 0.1) is 6.92 Å². The van der Waals surface area contributed by atoms with Crippen LogP contribution in [-0.4, -0.2) is 42.1 Å². The highest BCUT2D eigenvalue weighted by Gasteiger charge is 2.26. The van der Waals surface area contributed by atoms with E-state index in [0.717, 1.165) is 25.3 Å². The number of benzene rings is 1. The van der Waals surface area contributed by atoms with Crippen molar-refractivity contribution in [3.63, 3.8) is 0 Å². The molecule has 1 amide bonds. The number of carbonyl (C=O) groups is 1. The second-order valence-electron chi connectivity index (χ2n) is 6.02. The van der Waals surface area contributed by atoms with Crippen molar-refractivity contribution >= 4 is 17.5 Å². The second-order valence-corrected chi connectivity index (χ2v) is 6.02. The van der Waals surface area contributed by atoms with E-state index in [1.165, 1.54) is 11.3 Å². The number of hydrogen-bond donors (Lipinski definition) is 1. The maximum atomic E-state index is 12.5. The summed E-state index contributed by atoms with van der Waals surface area (Å²) in [6.45, 7) is 6.21. The lowest BCUT2D eigenvalue weighted by atomic mass is 10.1. The molecule has 0 aliphatic carbocycles. The van der Waals surface area contributed by atoms with E-state index in [1.54, 1.807) is 6.07 Å². The summed E-state index contributed by atoms with van der Waals surface area (Å²) >= 11 is 0. The van der Waals surface area contributed by atoms with Crippen LogP contribution in [0.25, 0.3) is 0 Å². The first-order chi connectivity index (χ1) is 11.0. The number of aryl methyl sites for hydroxylation is 1. The number of fused-ring (bicyclic) bond motifs is 1. The van der Waals surface area contributed by atoms with Gasteiger partial charge in [0.2, 0.25) is 11.8 Å². The van der Waals surface area contributed by atoms with Gasteiger partial charge in [-0.2, -0.15) is 0 Å². The number of carbonyl (C=O) groups excluding carboxylic acids is 1. The molecule has 2 heterocycles. The highest BCUT2D eigenvalue weighted by molar-refractivity contribution is 5.93. The maximum absolute atomic E-state index is 12.5. The smallest absolute Gasteiger partial charge is 0.243 e. The van der Waals surface area contributed by atoms with E-state index in [0.29, 0.717) is 5.88 Å². The number of amides is 1. The number of likely N-dealkylation sites (N-methyl/N-ethyl adjacent to an activating group) is 1. The Labute approximate surface area is 136 Å². The van der Waals surface area contributed by atoms with Crippen molar-refractivity contribution in [3.8, 4) is 0 Å². The average Bonchev–Trinajstić information content (AvgIpc) is 2.87. The summed E-state index contributed by atoms with van der Waals surface area (Å²) in [4.78, 5) is 16.9. The minimum Gasteiger partial charge on any atom is -0.373 e. The SMILES string of the molecule is Cc1cc(NC(=O)C(C)N2CCN(C)c3ccccc3C2)on1. The quantitative estimate of drug-likeness (QED) is 0.941. The second kappa shape index (κ2) is 6.42. The topological polar surface area (TPSA) is 61.6 Å². The highest BCUT2D eigenvalue weighted by Crippen LogP contribution is 2.24. The van der Waals surface area contributed by atoms with Gasteiger partial charge in [0.05, 0.1) is 11.7 Å². The maximum Gasteiger partial charge on any atom is 0.243 e. The van der Waals surface area contributed by atoms with E-state index in [9.17, 15) is 4.79 Å². The molecule has 0 fully saturated rings. The molecule has 0 bridgehead atoms. The van der Waals surface area contributed by atoms with Crippen molar-refractivity contribution in [1.82, 2.24) is 10.1 Å². The van der Waals surface area contributed by atoms with E-state index >= 15 is 0 Å². The minimum atomic E-state index is -0.250. The monoisotopic (exact) mass is 314 g/mol. The molecule has 122 valence electrons. The van der Waals surface area contributed by atoms with Crippen molar-refractivity contribution in [2.24, 2.45) is 0 Å². The molecule has 1 aromatic heterocycles. The van der Waals surface area contributed by atoms with E-state index in [4.69, 9.17) is 4.52 Å². The van der Waals surface area contributed by atoms with Gasteiger partial charge in [0.1, 0.15) is 0 Å². The number of hydrogen-bond acceptors (Lipinski definition) is 5. The number of nitrogens with one attached hydrogen (secondary N) is 1. The highest BCUT2D eigenvalue weighted by atomic mass is 16.5. The Hall–Kier alpha value is -2.34. The first kappa shape index (κ1) is 15.6. The zero-order valence-corrected chi connectivity index (χ0v) is 13.7. The average molecular weight is 314 g/mol. The normalized spacial score (nSPS) is 16.6. The Kier molecular flexibility index (Phi) is 4.34. The van der Waals surface area contributed by atoms with Crippen LogP contribution in [0.1, 0.15) is 18.2 Å². The van der Waals surface area contributed by atoms with Gasteiger partial charge in [-0.15, -0.1) is 0 Å². The summed E-state index contributed by atoms with van der Waals surface area (Å²) in [7, 11) is 2.09. The molecule has 1 aliphatic rings. The van der Waals surface area contributed by atoms with Gasteiger partial charge in [-0.3, -0.25) is 15.0 Å². The van der Waals surface area contributed by atoms with Gasteiger partial charge in [0.15, 0.2) is 0 Å². The summed E-state index contributed by atoms with van der Waals surface area (Å²) in [5.41, 5.74) is 3.22. The molecule has 1 aliphatic heterocycles. The van der Waals surface area contributed by atoms with Crippen molar-refractivity contribution in [3.05, 3.63) is 41.6 Å². The number of rotatable bonds is 3. The van der Waals surface area contributed by atoms with Gasteiger partial charge in [-0.25, -0.2) is 0 Å². The zero-order valence-electron chi connectivity index (χ0n) is 13.7. The number of para-hydroxylation sites is 1. The Bertz CT molecular complexity index is 697.